The topological polar surface area (TPSA) is 77.0 Å². The third-order valence-corrected chi connectivity index (χ3v) is 5.31. The van der Waals surface area contributed by atoms with Crippen LogP contribution in [0.5, 0.6) is 0 Å². The summed E-state index contributed by atoms with van der Waals surface area (Å²) in [5, 5.41) is 2.64. The second-order valence-corrected chi connectivity index (χ2v) is 7.85. The summed E-state index contributed by atoms with van der Waals surface area (Å²) < 4.78 is 2.06. The van der Waals surface area contributed by atoms with Crippen LogP contribution in [0.3, 0.4) is 0 Å². The maximum atomic E-state index is 12.6. The number of likely N-dealkylation sites (N-methyl/N-ethyl adjacent to an activating group) is 1. The van der Waals surface area contributed by atoms with Crippen molar-refractivity contribution in [3.63, 3.8) is 0 Å². The molecular formula is C19H25N5OS. The smallest absolute Gasteiger partial charge is 0.273 e. The molecule has 0 saturated carbocycles. The van der Waals surface area contributed by atoms with Gasteiger partial charge in [-0.1, -0.05) is 26.0 Å². The third-order valence-electron chi connectivity index (χ3n) is 4.33. The first kappa shape index (κ1) is 18.5. The summed E-state index contributed by atoms with van der Waals surface area (Å²) in [5.74, 6) is 0.425. The average molecular weight is 372 g/mol. The highest BCUT2D eigenvalue weighted by Gasteiger charge is 2.19. The van der Waals surface area contributed by atoms with Gasteiger partial charge in [-0.2, -0.15) is 0 Å². The Labute approximate surface area is 157 Å². The second-order valence-electron chi connectivity index (χ2n) is 6.96. The molecule has 3 aromatic rings. The minimum atomic E-state index is -0.107. The lowest BCUT2D eigenvalue weighted by Gasteiger charge is -2.16. The molecule has 0 fully saturated rings. The SMILES string of the molecule is CC(C)C[C@H](N)c1nc(C(=O)N(C)CCn2cnc3ccccc32)cs1. The lowest BCUT2D eigenvalue weighted by molar-refractivity contribution is 0.0785. The lowest BCUT2D eigenvalue weighted by atomic mass is 10.1. The number of fused-ring (bicyclic) bond motifs is 1. The van der Waals surface area contributed by atoms with Crippen LogP contribution in [0.15, 0.2) is 36.0 Å². The van der Waals surface area contributed by atoms with Crippen LogP contribution >= 0.6 is 11.3 Å². The molecule has 0 unspecified atom stereocenters. The van der Waals surface area contributed by atoms with E-state index in [1.807, 2.05) is 30.6 Å². The largest absolute Gasteiger partial charge is 0.339 e. The molecule has 0 saturated heterocycles. The Hall–Kier alpha value is -2.25. The summed E-state index contributed by atoms with van der Waals surface area (Å²) in [6.07, 6.45) is 2.68. The van der Waals surface area contributed by atoms with Gasteiger partial charge in [0.25, 0.3) is 5.91 Å². The number of hydrogen-bond acceptors (Lipinski definition) is 5. The van der Waals surface area contributed by atoms with Crippen molar-refractivity contribution in [3.8, 4) is 0 Å². The zero-order valence-electron chi connectivity index (χ0n) is 15.4. The summed E-state index contributed by atoms with van der Waals surface area (Å²) in [6, 6.07) is 7.88. The maximum absolute atomic E-state index is 12.6. The average Bonchev–Trinajstić information content (AvgIpc) is 3.26. The Morgan fingerprint density at radius 2 is 2.12 bits per heavy atom. The lowest BCUT2D eigenvalue weighted by Crippen LogP contribution is -2.30. The van der Waals surface area contributed by atoms with Gasteiger partial charge < -0.3 is 15.2 Å². The van der Waals surface area contributed by atoms with Crippen molar-refractivity contribution in [3.05, 3.63) is 46.7 Å². The molecule has 7 heteroatoms. The number of hydrogen-bond donors (Lipinski definition) is 1. The molecule has 0 aliphatic carbocycles. The van der Waals surface area contributed by atoms with Gasteiger partial charge in [0.05, 0.1) is 23.4 Å². The van der Waals surface area contributed by atoms with Gasteiger partial charge in [-0.3, -0.25) is 4.79 Å². The second kappa shape index (κ2) is 7.97. The molecular weight excluding hydrogens is 346 g/mol. The molecule has 1 aromatic carbocycles. The van der Waals surface area contributed by atoms with E-state index >= 15 is 0 Å². The number of rotatable bonds is 7. The molecule has 1 atom stereocenters. The van der Waals surface area contributed by atoms with Crippen molar-refractivity contribution in [1.29, 1.82) is 0 Å². The normalized spacial score (nSPS) is 12.7. The number of aromatic nitrogens is 3. The van der Waals surface area contributed by atoms with E-state index < -0.39 is 0 Å². The summed E-state index contributed by atoms with van der Waals surface area (Å²) >= 11 is 1.46. The number of amides is 1. The monoisotopic (exact) mass is 371 g/mol. The van der Waals surface area contributed by atoms with Crippen molar-refractivity contribution in [1.82, 2.24) is 19.4 Å². The molecule has 0 aliphatic rings. The molecule has 0 radical (unpaired) electrons. The number of carbonyl (C=O) groups is 1. The van der Waals surface area contributed by atoms with Gasteiger partial charge in [-0.25, -0.2) is 9.97 Å². The van der Waals surface area contributed by atoms with Crippen LogP contribution in [0.2, 0.25) is 0 Å². The zero-order valence-corrected chi connectivity index (χ0v) is 16.2. The van der Waals surface area contributed by atoms with Crippen LogP contribution in [0.4, 0.5) is 0 Å². The number of imidazole rings is 1. The minimum absolute atomic E-state index is 0.0753. The summed E-state index contributed by atoms with van der Waals surface area (Å²) in [6.45, 7) is 5.54. The van der Waals surface area contributed by atoms with Crippen molar-refractivity contribution in [2.75, 3.05) is 13.6 Å². The Bertz CT molecular complexity index is 885. The third kappa shape index (κ3) is 4.11. The fourth-order valence-electron chi connectivity index (χ4n) is 2.91. The highest BCUT2D eigenvalue weighted by molar-refractivity contribution is 7.09. The van der Waals surface area contributed by atoms with E-state index in [0.29, 0.717) is 24.7 Å². The van der Waals surface area contributed by atoms with Gasteiger partial charge >= 0.3 is 0 Å². The van der Waals surface area contributed by atoms with Crippen LogP contribution in [0, 0.1) is 5.92 Å². The van der Waals surface area contributed by atoms with Gasteiger partial charge in [0.2, 0.25) is 0 Å². The molecule has 1 amide bonds. The van der Waals surface area contributed by atoms with Crippen LogP contribution in [0.1, 0.15) is 41.8 Å². The van der Waals surface area contributed by atoms with Gasteiger partial charge in [-0.05, 0) is 24.5 Å². The van der Waals surface area contributed by atoms with Crippen molar-refractivity contribution >= 4 is 28.3 Å². The number of nitrogens with two attached hydrogens (primary N) is 1. The highest BCUT2D eigenvalue weighted by atomic mass is 32.1. The van der Waals surface area contributed by atoms with E-state index in [4.69, 9.17) is 5.73 Å². The summed E-state index contributed by atoms with van der Waals surface area (Å²) in [5.41, 5.74) is 8.68. The van der Waals surface area contributed by atoms with Crippen LogP contribution < -0.4 is 5.73 Å². The first-order valence-corrected chi connectivity index (χ1v) is 9.70. The predicted molar refractivity (Wildman–Crippen MR) is 105 cm³/mol. The van der Waals surface area contributed by atoms with Crippen molar-refractivity contribution in [2.24, 2.45) is 11.7 Å². The van der Waals surface area contributed by atoms with Crippen molar-refractivity contribution in [2.45, 2.75) is 32.9 Å². The Morgan fingerprint density at radius 3 is 2.88 bits per heavy atom. The molecule has 3 rings (SSSR count). The van der Waals surface area contributed by atoms with E-state index in [9.17, 15) is 4.79 Å². The number of thiazole rings is 1. The fraction of sp³-hybridized carbons (Fsp3) is 0.421. The summed E-state index contributed by atoms with van der Waals surface area (Å²) in [7, 11) is 1.80. The van der Waals surface area contributed by atoms with Crippen LogP contribution in [0.25, 0.3) is 11.0 Å². The molecule has 138 valence electrons. The van der Waals surface area contributed by atoms with Crippen LogP contribution in [-0.2, 0) is 6.54 Å². The predicted octanol–water partition coefficient (Wildman–Crippen LogP) is 3.31. The van der Waals surface area contributed by atoms with Crippen LogP contribution in [-0.4, -0.2) is 38.9 Å². The number of carbonyl (C=O) groups excluding carboxylic acids is 1. The quantitative estimate of drug-likeness (QED) is 0.691. The molecule has 2 N–H and O–H groups in total. The molecule has 2 aromatic heterocycles. The van der Waals surface area contributed by atoms with Gasteiger partial charge in [0.1, 0.15) is 10.7 Å². The van der Waals surface area contributed by atoms with Crippen molar-refractivity contribution < 1.29 is 4.79 Å². The van der Waals surface area contributed by atoms with E-state index in [1.165, 1.54) is 11.3 Å². The van der Waals surface area contributed by atoms with E-state index in [-0.39, 0.29) is 11.9 Å². The maximum Gasteiger partial charge on any atom is 0.273 e. The zero-order chi connectivity index (χ0) is 18.7. The van der Waals surface area contributed by atoms with Gasteiger partial charge in [-0.15, -0.1) is 11.3 Å². The fourth-order valence-corrected chi connectivity index (χ4v) is 3.72. The first-order valence-electron chi connectivity index (χ1n) is 8.82. The Morgan fingerprint density at radius 1 is 1.35 bits per heavy atom. The molecule has 26 heavy (non-hydrogen) atoms. The van der Waals surface area contributed by atoms with Gasteiger partial charge in [0, 0.05) is 25.5 Å². The molecule has 0 aliphatic heterocycles. The summed E-state index contributed by atoms with van der Waals surface area (Å²) in [4.78, 5) is 23.2. The Balaban J connectivity index is 1.62. The first-order chi connectivity index (χ1) is 12.5. The van der Waals surface area contributed by atoms with Gasteiger partial charge in [0.15, 0.2) is 0 Å². The molecule has 0 bridgehead atoms. The molecule has 2 heterocycles. The standard InChI is InChI=1S/C19H25N5OS/c1-13(2)10-14(20)18-22-16(11-26-18)19(25)23(3)8-9-24-12-21-15-6-4-5-7-17(15)24/h4-7,11-14H,8-10,20H2,1-3H3/t14-/m0/s1. The number of nitrogens with zero attached hydrogens (tertiary/aromatic N) is 4. The Kier molecular flexibility index (Phi) is 5.68. The van der Waals surface area contributed by atoms with E-state index in [0.717, 1.165) is 22.5 Å². The number of para-hydroxylation sites is 2. The highest BCUT2D eigenvalue weighted by Crippen LogP contribution is 2.22. The molecule has 0 spiro atoms. The van der Waals surface area contributed by atoms with E-state index in [1.54, 1.807) is 17.3 Å². The van der Waals surface area contributed by atoms with E-state index in [2.05, 4.69) is 28.4 Å². The molecule has 6 nitrogen and oxygen atoms in total. The minimum Gasteiger partial charge on any atom is -0.339 e. The number of benzene rings is 1.